The number of nitrogens with one attached hydrogen (secondary N) is 2. The number of aromatic nitrogens is 2. The number of benzene rings is 2. The predicted octanol–water partition coefficient (Wildman–Crippen LogP) is 4.36. The Bertz CT molecular complexity index is 1110. The van der Waals surface area contributed by atoms with E-state index in [-0.39, 0.29) is 18.0 Å². The van der Waals surface area contributed by atoms with Crippen molar-refractivity contribution in [3.05, 3.63) is 60.5 Å². The second kappa shape index (κ2) is 10.7. The molecule has 2 N–H and O–H groups in total. The first-order valence-corrected chi connectivity index (χ1v) is 11.3. The zero-order valence-electron chi connectivity index (χ0n) is 19.6. The Morgan fingerprint density at radius 2 is 1.76 bits per heavy atom. The van der Waals surface area contributed by atoms with E-state index in [1.165, 1.54) is 24.3 Å². The molecular formula is C25H30FN5O3. The summed E-state index contributed by atoms with van der Waals surface area (Å²) in [5.41, 5.74) is 2.78. The number of morpholine rings is 1. The Morgan fingerprint density at radius 1 is 1.09 bits per heavy atom. The molecular weight excluding hydrogens is 437 g/mol. The molecule has 2 atom stereocenters. The zero-order valence-corrected chi connectivity index (χ0v) is 19.6. The van der Waals surface area contributed by atoms with E-state index >= 15 is 0 Å². The summed E-state index contributed by atoms with van der Waals surface area (Å²) in [5.74, 6) is 0.349. The number of amides is 2. The van der Waals surface area contributed by atoms with Crippen molar-refractivity contribution in [1.29, 1.82) is 0 Å². The van der Waals surface area contributed by atoms with Crippen molar-refractivity contribution >= 4 is 17.4 Å². The highest BCUT2D eigenvalue weighted by Gasteiger charge is 2.22. The Balaban J connectivity index is 1.45. The van der Waals surface area contributed by atoms with E-state index in [1.54, 1.807) is 16.9 Å². The van der Waals surface area contributed by atoms with Crippen molar-refractivity contribution in [2.75, 3.05) is 36.9 Å². The van der Waals surface area contributed by atoms with Gasteiger partial charge in [-0.15, -0.1) is 0 Å². The van der Waals surface area contributed by atoms with Crippen molar-refractivity contribution < 1.29 is 18.7 Å². The molecule has 0 radical (unpaired) electrons. The quantitative estimate of drug-likeness (QED) is 0.540. The van der Waals surface area contributed by atoms with E-state index in [1.807, 2.05) is 25.2 Å². The molecule has 2 heterocycles. The van der Waals surface area contributed by atoms with Gasteiger partial charge in [0.2, 0.25) is 0 Å². The fourth-order valence-electron chi connectivity index (χ4n) is 4.15. The summed E-state index contributed by atoms with van der Waals surface area (Å²) in [7, 11) is 1.86. The molecule has 8 nitrogen and oxygen atoms in total. The van der Waals surface area contributed by atoms with Gasteiger partial charge in [0.1, 0.15) is 18.2 Å². The van der Waals surface area contributed by atoms with E-state index in [0.29, 0.717) is 23.7 Å². The highest BCUT2D eigenvalue weighted by molar-refractivity contribution is 6.00. The van der Waals surface area contributed by atoms with Crippen LogP contribution in [-0.2, 0) is 11.8 Å². The summed E-state index contributed by atoms with van der Waals surface area (Å²) < 4.78 is 26.8. The van der Waals surface area contributed by atoms with Crippen LogP contribution in [0.1, 0.15) is 13.8 Å². The maximum Gasteiger partial charge on any atom is 0.323 e. The molecule has 9 heteroatoms. The van der Waals surface area contributed by atoms with Crippen LogP contribution in [0.25, 0.3) is 11.3 Å². The van der Waals surface area contributed by atoms with Crippen LogP contribution in [-0.4, -0.2) is 59.2 Å². The second-order valence-electron chi connectivity index (χ2n) is 8.50. The molecule has 1 aromatic heterocycles. The van der Waals surface area contributed by atoms with Gasteiger partial charge in [-0.05, 0) is 62.4 Å². The third-order valence-corrected chi connectivity index (χ3v) is 5.60. The van der Waals surface area contributed by atoms with Gasteiger partial charge in [-0.25, -0.2) is 9.18 Å². The molecule has 1 aliphatic rings. The number of anilines is 2. The maximum absolute atomic E-state index is 13.1. The van der Waals surface area contributed by atoms with E-state index in [4.69, 9.17) is 9.47 Å². The normalized spacial score (nSPS) is 18.5. The average Bonchev–Trinajstić information content (AvgIpc) is 3.21. The number of carbonyl (C=O) groups excluding carboxylic acids is 1. The van der Waals surface area contributed by atoms with Gasteiger partial charge in [0.05, 0.1) is 17.9 Å². The van der Waals surface area contributed by atoms with Crippen LogP contribution in [0, 0.1) is 5.82 Å². The van der Waals surface area contributed by atoms with E-state index in [9.17, 15) is 9.18 Å². The minimum atomic E-state index is -0.424. The van der Waals surface area contributed by atoms with Gasteiger partial charge in [-0.1, -0.05) is 0 Å². The molecule has 1 aliphatic heterocycles. The highest BCUT2D eigenvalue weighted by atomic mass is 19.1. The smallest absolute Gasteiger partial charge is 0.323 e. The number of carbonyl (C=O) groups is 1. The maximum atomic E-state index is 13.1. The molecule has 1 fully saturated rings. The van der Waals surface area contributed by atoms with Crippen molar-refractivity contribution in [3.8, 4) is 17.0 Å². The number of aryl methyl sites for hydroxylation is 1. The third-order valence-electron chi connectivity index (χ3n) is 5.60. The van der Waals surface area contributed by atoms with Gasteiger partial charge in [0, 0.05) is 49.8 Å². The van der Waals surface area contributed by atoms with Crippen LogP contribution >= 0.6 is 0 Å². The standard InChI is InChI=1S/C25H30FN5O3/c1-17-15-31(16-18(2)34-17)12-13-33-24-9-8-21(14-22(24)23-10-11-27-30(23)3)29-25(32)28-20-6-4-19(26)5-7-20/h4-11,14,17-18H,12-13,15-16H2,1-3H3,(H2,28,29,32). The van der Waals surface area contributed by atoms with E-state index < -0.39 is 6.03 Å². The first-order valence-electron chi connectivity index (χ1n) is 11.3. The summed E-state index contributed by atoms with van der Waals surface area (Å²) in [6.45, 7) is 7.26. The summed E-state index contributed by atoms with van der Waals surface area (Å²) >= 11 is 0. The Morgan fingerprint density at radius 3 is 2.44 bits per heavy atom. The summed E-state index contributed by atoms with van der Waals surface area (Å²) in [6.07, 6.45) is 2.14. The molecule has 0 bridgehead atoms. The van der Waals surface area contributed by atoms with Crippen molar-refractivity contribution in [2.45, 2.75) is 26.1 Å². The van der Waals surface area contributed by atoms with E-state index in [0.717, 1.165) is 30.9 Å². The summed E-state index contributed by atoms with van der Waals surface area (Å²) in [5, 5.41) is 9.78. The lowest BCUT2D eigenvalue weighted by molar-refractivity contribution is -0.0699. The van der Waals surface area contributed by atoms with Crippen LogP contribution in [0.2, 0.25) is 0 Å². The molecule has 0 aliphatic carbocycles. The fraction of sp³-hybridized carbons (Fsp3) is 0.360. The number of rotatable bonds is 7. The molecule has 180 valence electrons. The number of hydrogen-bond donors (Lipinski definition) is 2. The number of nitrogens with zero attached hydrogens (tertiary/aromatic N) is 3. The molecule has 1 saturated heterocycles. The van der Waals surface area contributed by atoms with Gasteiger partial charge >= 0.3 is 6.03 Å². The SMILES string of the molecule is CC1CN(CCOc2ccc(NC(=O)Nc3ccc(F)cc3)cc2-c2ccnn2C)CC(C)O1. The summed E-state index contributed by atoms with van der Waals surface area (Å²) in [6, 6.07) is 12.6. The minimum absolute atomic E-state index is 0.208. The van der Waals surface area contributed by atoms with Crippen LogP contribution in [0.15, 0.2) is 54.7 Å². The van der Waals surface area contributed by atoms with Crippen LogP contribution < -0.4 is 15.4 Å². The highest BCUT2D eigenvalue weighted by Crippen LogP contribution is 2.32. The minimum Gasteiger partial charge on any atom is -0.492 e. The molecule has 2 amide bonds. The lowest BCUT2D eigenvalue weighted by atomic mass is 10.1. The monoisotopic (exact) mass is 467 g/mol. The van der Waals surface area contributed by atoms with Crippen LogP contribution in [0.3, 0.4) is 0 Å². The molecule has 0 saturated carbocycles. The Labute approximate surface area is 198 Å². The van der Waals surface area contributed by atoms with Gasteiger partial charge in [0.25, 0.3) is 0 Å². The van der Waals surface area contributed by atoms with E-state index in [2.05, 4.69) is 34.5 Å². The van der Waals surface area contributed by atoms with Gasteiger partial charge in [0.15, 0.2) is 0 Å². The van der Waals surface area contributed by atoms with Gasteiger partial charge in [-0.2, -0.15) is 5.10 Å². The lowest BCUT2D eigenvalue weighted by Gasteiger charge is -2.35. The molecule has 0 spiro atoms. The first kappa shape index (κ1) is 23.7. The van der Waals surface area contributed by atoms with Crippen molar-refractivity contribution in [2.24, 2.45) is 7.05 Å². The van der Waals surface area contributed by atoms with Crippen molar-refractivity contribution in [3.63, 3.8) is 0 Å². The largest absolute Gasteiger partial charge is 0.492 e. The number of halogens is 1. The number of urea groups is 1. The number of hydrogen-bond acceptors (Lipinski definition) is 5. The lowest BCUT2D eigenvalue weighted by Crippen LogP contribution is -2.46. The molecule has 2 aromatic carbocycles. The second-order valence-corrected chi connectivity index (χ2v) is 8.50. The van der Waals surface area contributed by atoms with Gasteiger partial charge in [-0.3, -0.25) is 9.58 Å². The fourth-order valence-corrected chi connectivity index (χ4v) is 4.15. The zero-order chi connectivity index (χ0) is 24.1. The van der Waals surface area contributed by atoms with Gasteiger partial charge < -0.3 is 20.1 Å². The van der Waals surface area contributed by atoms with Crippen LogP contribution in [0.5, 0.6) is 5.75 Å². The average molecular weight is 468 g/mol. The third kappa shape index (κ3) is 6.12. The van der Waals surface area contributed by atoms with Crippen molar-refractivity contribution in [1.82, 2.24) is 14.7 Å². The topological polar surface area (TPSA) is 80.7 Å². The Kier molecular flexibility index (Phi) is 7.44. The van der Waals surface area contributed by atoms with Crippen LogP contribution in [0.4, 0.5) is 20.6 Å². The molecule has 2 unspecified atom stereocenters. The predicted molar refractivity (Wildman–Crippen MR) is 130 cm³/mol. The first-order chi connectivity index (χ1) is 16.4. The molecule has 3 aromatic rings. The Hall–Kier alpha value is -3.43. The number of ether oxygens (including phenoxy) is 2. The molecule has 34 heavy (non-hydrogen) atoms. The molecule has 4 rings (SSSR count). The summed E-state index contributed by atoms with van der Waals surface area (Å²) in [4.78, 5) is 14.8.